The molecule has 1 unspecified atom stereocenters. The number of pyridine rings is 2. The van der Waals surface area contributed by atoms with Gasteiger partial charge in [-0.2, -0.15) is 5.10 Å². The Morgan fingerprint density at radius 2 is 2.07 bits per heavy atom. The van der Waals surface area contributed by atoms with E-state index in [2.05, 4.69) is 25.7 Å². The summed E-state index contributed by atoms with van der Waals surface area (Å²) in [6.07, 6.45) is 4.71. The number of aliphatic hydroxyl groups excluding tert-OH is 1. The van der Waals surface area contributed by atoms with Crippen molar-refractivity contribution in [3.05, 3.63) is 59.3 Å². The van der Waals surface area contributed by atoms with Gasteiger partial charge in [0.05, 0.1) is 35.8 Å². The predicted molar refractivity (Wildman–Crippen MR) is 116 cm³/mol. The van der Waals surface area contributed by atoms with Crippen molar-refractivity contribution in [2.45, 2.75) is 40.3 Å². The quantitative estimate of drug-likeness (QED) is 0.564. The molecular weight excluding hydrogens is 380 g/mol. The summed E-state index contributed by atoms with van der Waals surface area (Å²) in [5.41, 5.74) is 6.39. The van der Waals surface area contributed by atoms with Gasteiger partial charge in [0.25, 0.3) is 5.91 Å². The second kappa shape index (κ2) is 7.72. The van der Waals surface area contributed by atoms with Crippen LogP contribution in [0.4, 0.5) is 11.5 Å². The van der Waals surface area contributed by atoms with E-state index in [-0.39, 0.29) is 5.91 Å². The first-order valence-electron chi connectivity index (χ1n) is 9.76. The molecule has 1 amide bonds. The van der Waals surface area contributed by atoms with Crippen molar-refractivity contribution in [3.8, 4) is 11.3 Å². The zero-order valence-corrected chi connectivity index (χ0v) is 17.4. The minimum absolute atomic E-state index is 0.183. The molecule has 8 nitrogen and oxygen atoms in total. The molecule has 8 heteroatoms. The number of hydrogen-bond acceptors (Lipinski definition) is 6. The van der Waals surface area contributed by atoms with Crippen molar-refractivity contribution in [2.75, 3.05) is 10.6 Å². The van der Waals surface area contributed by atoms with Crippen LogP contribution in [0.5, 0.6) is 0 Å². The van der Waals surface area contributed by atoms with E-state index in [0.29, 0.717) is 29.3 Å². The van der Waals surface area contributed by atoms with E-state index in [4.69, 9.17) is 0 Å². The fourth-order valence-corrected chi connectivity index (χ4v) is 3.58. The van der Waals surface area contributed by atoms with Gasteiger partial charge in [0.15, 0.2) is 5.82 Å². The van der Waals surface area contributed by atoms with Gasteiger partial charge in [-0.1, -0.05) is 0 Å². The Kier molecular flexibility index (Phi) is 5.09. The van der Waals surface area contributed by atoms with Gasteiger partial charge in [-0.15, -0.1) is 0 Å². The van der Waals surface area contributed by atoms with Crippen molar-refractivity contribution in [3.63, 3.8) is 0 Å². The molecule has 154 valence electrons. The number of hydrogen-bond donors (Lipinski definition) is 3. The summed E-state index contributed by atoms with van der Waals surface area (Å²) in [4.78, 5) is 21.4. The molecule has 0 spiro atoms. The molecule has 3 aromatic heterocycles. The van der Waals surface area contributed by atoms with Crippen LogP contribution in [0, 0.1) is 13.8 Å². The number of aliphatic hydroxyl groups is 1. The van der Waals surface area contributed by atoms with Gasteiger partial charge in [-0.25, -0.2) is 0 Å². The average Bonchev–Trinajstić information content (AvgIpc) is 3.19. The van der Waals surface area contributed by atoms with Crippen LogP contribution >= 0.6 is 0 Å². The molecule has 3 aromatic rings. The molecule has 0 fully saturated rings. The van der Waals surface area contributed by atoms with Crippen LogP contribution in [0.1, 0.15) is 30.7 Å². The first-order valence-corrected chi connectivity index (χ1v) is 9.76. The standard InChI is InChI=1S/C22H24N6O2/c1-12-5-6-23-9-17(12)18-8-16-19(10-24-18)26-22(30)21(16)15(4)25-20-7-13(2)28(27-20)11-14(3)29/h5-10,14,29H,11H2,1-4H3,(H,25,27)(H,26,30)/b21-15-. The Labute approximate surface area is 174 Å². The molecule has 4 rings (SSSR count). The second-order valence-corrected chi connectivity index (χ2v) is 7.59. The molecule has 0 saturated heterocycles. The molecule has 0 bridgehead atoms. The van der Waals surface area contributed by atoms with E-state index in [1.165, 1.54) is 0 Å². The number of amides is 1. The molecule has 0 saturated carbocycles. The Morgan fingerprint density at radius 3 is 2.80 bits per heavy atom. The maximum absolute atomic E-state index is 12.7. The first kappa shape index (κ1) is 19.8. The molecular formula is C22H24N6O2. The molecule has 3 N–H and O–H groups in total. The van der Waals surface area contributed by atoms with Crippen LogP contribution in [-0.4, -0.2) is 36.9 Å². The highest BCUT2D eigenvalue weighted by atomic mass is 16.3. The number of aromatic nitrogens is 4. The molecule has 30 heavy (non-hydrogen) atoms. The van der Waals surface area contributed by atoms with Crippen molar-refractivity contribution in [1.29, 1.82) is 0 Å². The Balaban J connectivity index is 1.70. The molecule has 0 aromatic carbocycles. The van der Waals surface area contributed by atoms with Crippen LogP contribution in [0.15, 0.2) is 42.5 Å². The number of rotatable bonds is 5. The number of anilines is 2. The van der Waals surface area contributed by atoms with Gasteiger partial charge < -0.3 is 15.7 Å². The summed E-state index contributed by atoms with van der Waals surface area (Å²) < 4.78 is 1.74. The lowest BCUT2D eigenvalue weighted by atomic mass is 10.0. The second-order valence-electron chi connectivity index (χ2n) is 7.59. The molecule has 4 heterocycles. The topological polar surface area (TPSA) is 105 Å². The van der Waals surface area contributed by atoms with Crippen LogP contribution in [0.25, 0.3) is 16.8 Å². The largest absolute Gasteiger partial charge is 0.391 e. The number of nitrogens with one attached hydrogen (secondary N) is 2. The van der Waals surface area contributed by atoms with E-state index in [1.807, 2.05) is 39.0 Å². The summed E-state index contributed by atoms with van der Waals surface area (Å²) in [5.74, 6) is 0.439. The fourth-order valence-electron chi connectivity index (χ4n) is 3.58. The van der Waals surface area contributed by atoms with Crippen LogP contribution in [0.2, 0.25) is 0 Å². The van der Waals surface area contributed by atoms with Gasteiger partial charge >= 0.3 is 0 Å². The lowest BCUT2D eigenvalue weighted by Crippen LogP contribution is -2.14. The number of fused-ring (bicyclic) bond motifs is 1. The highest BCUT2D eigenvalue weighted by Crippen LogP contribution is 2.36. The van der Waals surface area contributed by atoms with Crippen molar-refractivity contribution >= 4 is 23.0 Å². The molecule has 0 radical (unpaired) electrons. The summed E-state index contributed by atoms with van der Waals surface area (Å²) in [6.45, 7) is 7.91. The molecule has 1 atom stereocenters. The zero-order chi connectivity index (χ0) is 21.4. The van der Waals surface area contributed by atoms with Crippen LogP contribution in [-0.2, 0) is 11.3 Å². The van der Waals surface area contributed by atoms with Crippen molar-refractivity contribution < 1.29 is 9.90 Å². The summed E-state index contributed by atoms with van der Waals surface area (Å²) in [6, 6.07) is 5.73. The van der Waals surface area contributed by atoms with E-state index >= 15 is 0 Å². The minimum Gasteiger partial charge on any atom is -0.391 e. The van der Waals surface area contributed by atoms with Gasteiger partial charge in [-0.3, -0.25) is 19.4 Å². The van der Waals surface area contributed by atoms with Crippen LogP contribution in [0.3, 0.4) is 0 Å². The summed E-state index contributed by atoms with van der Waals surface area (Å²) in [7, 11) is 0. The van der Waals surface area contributed by atoms with Crippen LogP contribution < -0.4 is 10.6 Å². The third kappa shape index (κ3) is 3.69. The van der Waals surface area contributed by atoms with E-state index in [1.54, 1.807) is 30.2 Å². The summed E-state index contributed by atoms with van der Waals surface area (Å²) >= 11 is 0. The summed E-state index contributed by atoms with van der Waals surface area (Å²) in [5, 5.41) is 20.2. The fraction of sp³-hybridized carbons (Fsp3) is 0.273. The highest BCUT2D eigenvalue weighted by Gasteiger charge is 2.28. The third-order valence-electron chi connectivity index (χ3n) is 5.07. The molecule has 0 aliphatic carbocycles. The lowest BCUT2D eigenvalue weighted by molar-refractivity contribution is -0.110. The van der Waals surface area contributed by atoms with E-state index in [0.717, 1.165) is 28.1 Å². The number of nitrogens with zero attached hydrogens (tertiary/aromatic N) is 4. The monoisotopic (exact) mass is 404 g/mol. The normalized spacial score (nSPS) is 15.6. The van der Waals surface area contributed by atoms with Gasteiger partial charge in [0.2, 0.25) is 0 Å². The van der Waals surface area contributed by atoms with E-state index in [9.17, 15) is 9.90 Å². The Hall–Kier alpha value is -3.52. The molecule has 1 aliphatic rings. The Morgan fingerprint density at radius 1 is 1.27 bits per heavy atom. The average molecular weight is 404 g/mol. The van der Waals surface area contributed by atoms with Gasteiger partial charge in [-0.05, 0) is 45.4 Å². The minimum atomic E-state index is -0.495. The number of carbonyl (C=O) groups is 1. The van der Waals surface area contributed by atoms with Gasteiger partial charge in [0, 0.05) is 41.0 Å². The highest BCUT2D eigenvalue weighted by molar-refractivity contribution is 6.32. The van der Waals surface area contributed by atoms with E-state index < -0.39 is 6.10 Å². The number of allylic oxidation sites excluding steroid dienone is 1. The van der Waals surface area contributed by atoms with Crippen molar-refractivity contribution in [2.24, 2.45) is 0 Å². The lowest BCUT2D eigenvalue weighted by Gasteiger charge is -2.09. The SMILES string of the molecule is C/C(Nc1cc(C)n(CC(C)O)n1)=C1/C(=O)Nc2cnc(-c3cnccc3C)cc21. The van der Waals surface area contributed by atoms with Gasteiger partial charge in [0.1, 0.15) is 0 Å². The number of aryl methyl sites for hydroxylation is 2. The number of carbonyl (C=O) groups excluding carboxylic acids is 1. The maximum atomic E-state index is 12.7. The zero-order valence-electron chi connectivity index (χ0n) is 17.4. The maximum Gasteiger partial charge on any atom is 0.258 e. The van der Waals surface area contributed by atoms with Crippen molar-refractivity contribution in [1.82, 2.24) is 19.7 Å². The molecule has 1 aliphatic heterocycles. The Bertz CT molecular complexity index is 1160. The first-order chi connectivity index (χ1) is 14.3. The third-order valence-corrected chi connectivity index (χ3v) is 5.07. The predicted octanol–water partition coefficient (Wildman–Crippen LogP) is 3.13. The smallest absolute Gasteiger partial charge is 0.258 e.